The molecule has 1 nitrogen and oxygen atoms in total. The highest BCUT2D eigenvalue weighted by molar-refractivity contribution is 14.1. The summed E-state index contributed by atoms with van der Waals surface area (Å²) in [5.41, 5.74) is 1.20. The summed E-state index contributed by atoms with van der Waals surface area (Å²) in [5.74, 6) is 2.27. The Bertz CT molecular complexity index is 269. The predicted molar refractivity (Wildman–Crippen MR) is 59.4 cm³/mol. The maximum atomic E-state index is 5.31. The van der Waals surface area contributed by atoms with E-state index in [4.69, 9.17) is 4.74 Å². The summed E-state index contributed by atoms with van der Waals surface area (Å²) in [6.07, 6.45) is 0. The molecule has 1 aromatic rings. The predicted octanol–water partition coefficient (Wildman–Crippen LogP) is 3.26. The van der Waals surface area contributed by atoms with E-state index >= 15 is 0 Å². The third kappa shape index (κ3) is 1.91. The summed E-state index contributed by atoms with van der Waals surface area (Å²) >= 11 is 2.28. The summed E-state index contributed by atoms with van der Waals surface area (Å²) in [4.78, 5) is 0. The molecule has 1 aromatic carbocycles. The van der Waals surface area contributed by atoms with E-state index in [1.54, 1.807) is 7.11 Å². The zero-order chi connectivity index (χ0) is 9.14. The summed E-state index contributed by atoms with van der Waals surface area (Å²) in [6, 6.07) is 6.18. The van der Waals surface area contributed by atoms with E-state index in [1.807, 2.05) is 12.1 Å². The first kappa shape index (κ1) is 9.84. The third-order valence-electron chi connectivity index (χ3n) is 1.71. The van der Waals surface area contributed by atoms with E-state index < -0.39 is 0 Å². The van der Waals surface area contributed by atoms with Crippen LogP contribution in [0.1, 0.15) is 19.4 Å². The van der Waals surface area contributed by atoms with Crippen LogP contribution >= 0.6 is 22.6 Å². The number of rotatable bonds is 2. The average Bonchev–Trinajstić information content (AvgIpc) is 2.03. The van der Waals surface area contributed by atoms with Crippen molar-refractivity contribution >= 4 is 22.6 Å². The minimum absolute atomic E-state index is 0.984. The van der Waals surface area contributed by atoms with Crippen LogP contribution in [-0.4, -0.2) is 7.11 Å². The maximum Gasteiger partial charge on any atom is 0.135 e. The minimum atomic E-state index is 0.984. The molecule has 2 heteroatoms. The van der Waals surface area contributed by atoms with Crippen molar-refractivity contribution in [3.05, 3.63) is 33.3 Å². The molecule has 0 saturated heterocycles. The second-order valence-electron chi connectivity index (χ2n) is 2.82. The number of ether oxygens (including phenoxy) is 1. The zero-order valence-electron chi connectivity index (χ0n) is 7.52. The average molecular weight is 275 g/mol. The number of hydrogen-bond donors (Lipinski definition) is 0. The van der Waals surface area contributed by atoms with Crippen molar-refractivity contribution in [2.45, 2.75) is 13.8 Å². The van der Waals surface area contributed by atoms with Gasteiger partial charge in [-0.25, -0.2) is 0 Å². The standard InChI is InChI=1S/C10H12IO/c1-7(2)8-5-4-6-9(11)10(8)12-3/h4-6H,1-3H3. The first-order valence-corrected chi connectivity index (χ1v) is 4.87. The molecule has 0 aliphatic heterocycles. The fourth-order valence-corrected chi connectivity index (χ4v) is 1.83. The normalized spacial score (nSPS) is 10.4. The van der Waals surface area contributed by atoms with Gasteiger partial charge in [0.1, 0.15) is 5.75 Å². The fraction of sp³-hybridized carbons (Fsp3) is 0.300. The molecule has 1 radical (unpaired) electrons. The van der Waals surface area contributed by atoms with E-state index in [0.29, 0.717) is 0 Å². The van der Waals surface area contributed by atoms with Gasteiger partial charge in [-0.2, -0.15) is 0 Å². The molecule has 0 spiro atoms. The Balaban J connectivity index is 3.18. The van der Waals surface area contributed by atoms with Crippen molar-refractivity contribution in [1.29, 1.82) is 0 Å². The molecule has 0 amide bonds. The molecular weight excluding hydrogens is 263 g/mol. The zero-order valence-corrected chi connectivity index (χ0v) is 9.68. The molecule has 0 saturated carbocycles. The molecule has 0 bridgehead atoms. The SMILES string of the molecule is COc1c(I)cccc1[C](C)C. The van der Waals surface area contributed by atoms with Crippen molar-refractivity contribution in [3.63, 3.8) is 0 Å². The van der Waals surface area contributed by atoms with E-state index in [-0.39, 0.29) is 0 Å². The highest BCUT2D eigenvalue weighted by Crippen LogP contribution is 2.29. The van der Waals surface area contributed by atoms with Crippen molar-refractivity contribution in [2.75, 3.05) is 7.11 Å². The van der Waals surface area contributed by atoms with Crippen LogP contribution in [0.5, 0.6) is 5.75 Å². The van der Waals surface area contributed by atoms with E-state index in [1.165, 1.54) is 11.5 Å². The van der Waals surface area contributed by atoms with Crippen molar-refractivity contribution in [1.82, 2.24) is 0 Å². The quantitative estimate of drug-likeness (QED) is 0.753. The fourth-order valence-electron chi connectivity index (χ4n) is 1.11. The molecule has 0 unspecified atom stereocenters. The van der Waals surface area contributed by atoms with Gasteiger partial charge in [0, 0.05) is 11.5 Å². The lowest BCUT2D eigenvalue weighted by molar-refractivity contribution is 0.408. The van der Waals surface area contributed by atoms with Gasteiger partial charge >= 0.3 is 0 Å². The molecule has 0 aliphatic carbocycles. The van der Waals surface area contributed by atoms with Crippen LogP contribution in [-0.2, 0) is 0 Å². The van der Waals surface area contributed by atoms with Crippen molar-refractivity contribution in [2.24, 2.45) is 0 Å². The number of methoxy groups -OCH3 is 1. The summed E-state index contributed by atoms with van der Waals surface area (Å²) in [6.45, 7) is 4.18. The lowest BCUT2D eigenvalue weighted by Gasteiger charge is -2.12. The second-order valence-corrected chi connectivity index (χ2v) is 3.98. The highest BCUT2D eigenvalue weighted by Gasteiger charge is 2.09. The topological polar surface area (TPSA) is 9.23 Å². The molecule has 12 heavy (non-hydrogen) atoms. The Hall–Kier alpha value is -0.250. The van der Waals surface area contributed by atoms with Gasteiger partial charge in [0.15, 0.2) is 0 Å². The van der Waals surface area contributed by atoms with Crippen LogP contribution in [0, 0.1) is 9.49 Å². The van der Waals surface area contributed by atoms with Gasteiger partial charge in [-0.1, -0.05) is 26.0 Å². The number of hydrogen-bond acceptors (Lipinski definition) is 1. The monoisotopic (exact) mass is 275 g/mol. The Kier molecular flexibility index (Phi) is 3.38. The Morgan fingerprint density at radius 2 is 2.00 bits per heavy atom. The molecule has 0 N–H and O–H groups in total. The second kappa shape index (κ2) is 4.12. The summed E-state index contributed by atoms with van der Waals surface area (Å²) < 4.78 is 6.47. The molecule has 0 aliphatic rings. The largest absolute Gasteiger partial charge is 0.495 e. The first-order chi connectivity index (χ1) is 5.66. The lowest BCUT2D eigenvalue weighted by atomic mass is 10.0. The number of halogens is 1. The van der Waals surface area contributed by atoms with Gasteiger partial charge < -0.3 is 4.74 Å². The maximum absolute atomic E-state index is 5.31. The molecule has 0 aromatic heterocycles. The van der Waals surface area contributed by atoms with E-state index in [2.05, 4.69) is 42.5 Å². The van der Waals surface area contributed by atoms with E-state index in [0.717, 1.165) is 9.32 Å². The Labute approximate surface area is 87.3 Å². The van der Waals surface area contributed by atoms with Crippen LogP contribution in [0.3, 0.4) is 0 Å². The number of benzene rings is 1. The van der Waals surface area contributed by atoms with Crippen LogP contribution in [0.15, 0.2) is 18.2 Å². The van der Waals surface area contributed by atoms with Gasteiger partial charge in [0.05, 0.1) is 10.7 Å². The van der Waals surface area contributed by atoms with Gasteiger partial charge in [0.2, 0.25) is 0 Å². The third-order valence-corrected chi connectivity index (χ3v) is 2.56. The van der Waals surface area contributed by atoms with Gasteiger partial charge in [0.25, 0.3) is 0 Å². The molecule has 65 valence electrons. The molecule has 0 atom stereocenters. The first-order valence-electron chi connectivity index (χ1n) is 3.80. The molecule has 0 fully saturated rings. The van der Waals surface area contributed by atoms with Crippen LogP contribution in [0.25, 0.3) is 0 Å². The highest BCUT2D eigenvalue weighted by atomic mass is 127. The van der Waals surface area contributed by atoms with Gasteiger partial charge in [-0.3, -0.25) is 0 Å². The summed E-state index contributed by atoms with van der Waals surface area (Å²) in [5, 5.41) is 0. The molecular formula is C10H12IO. The molecule has 0 heterocycles. The van der Waals surface area contributed by atoms with E-state index in [9.17, 15) is 0 Å². The van der Waals surface area contributed by atoms with Crippen LogP contribution < -0.4 is 4.74 Å². The van der Waals surface area contributed by atoms with Crippen molar-refractivity contribution in [3.8, 4) is 5.75 Å². The number of para-hydroxylation sites is 1. The Morgan fingerprint density at radius 3 is 2.42 bits per heavy atom. The smallest absolute Gasteiger partial charge is 0.135 e. The van der Waals surface area contributed by atoms with Gasteiger partial charge in [-0.05, 0) is 28.7 Å². The minimum Gasteiger partial charge on any atom is -0.495 e. The van der Waals surface area contributed by atoms with Crippen molar-refractivity contribution < 1.29 is 4.74 Å². The molecule has 1 rings (SSSR count). The summed E-state index contributed by atoms with van der Waals surface area (Å²) in [7, 11) is 1.71. The van der Waals surface area contributed by atoms with Crippen LogP contribution in [0.4, 0.5) is 0 Å². The lowest BCUT2D eigenvalue weighted by Crippen LogP contribution is -1.96. The Morgan fingerprint density at radius 1 is 1.33 bits per heavy atom. The van der Waals surface area contributed by atoms with Gasteiger partial charge in [-0.15, -0.1) is 0 Å². The van der Waals surface area contributed by atoms with Crippen LogP contribution in [0.2, 0.25) is 0 Å².